The minimum atomic E-state index is -1.01. The third kappa shape index (κ3) is 2.04. The van der Waals surface area contributed by atoms with Crippen LogP contribution in [-0.2, 0) is 14.3 Å². The van der Waals surface area contributed by atoms with Crippen LogP contribution < -0.4 is 0 Å². The molecule has 5 heteroatoms. The van der Waals surface area contributed by atoms with Gasteiger partial charge in [-0.15, -0.1) is 0 Å². The molecule has 1 unspecified atom stereocenters. The Balaban J connectivity index is 2.18. The molecule has 0 aromatic heterocycles. The molecule has 2 fully saturated rings. The monoisotopic (exact) mass is 240 g/mol. The SMILES string of the molecule is CC(C)N1CCN2C(=O)C(C)(C)OC(=O)C2C1. The fourth-order valence-corrected chi connectivity index (χ4v) is 2.43. The molecule has 0 aromatic carbocycles. The van der Waals surface area contributed by atoms with Crippen molar-refractivity contribution in [3.05, 3.63) is 0 Å². The standard InChI is InChI=1S/C12H20N2O3/c1-8(2)13-5-6-14-9(7-13)10(15)17-12(3,4)11(14)16/h8-9H,5-7H2,1-4H3. The number of fused-ring (bicyclic) bond motifs is 1. The van der Waals surface area contributed by atoms with Crippen LogP contribution in [0.4, 0.5) is 0 Å². The average molecular weight is 240 g/mol. The summed E-state index contributed by atoms with van der Waals surface area (Å²) in [6.07, 6.45) is 0. The van der Waals surface area contributed by atoms with Gasteiger partial charge in [0.2, 0.25) is 0 Å². The Morgan fingerprint density at radius 1 is 1.29 bits per heavy atom. The van der Waals surface area contributed by atoms with Gasteiger partial charge in [-0.05, 0) is 27.7 Å². The van der Waals surface area contributed by atoms with E-state index in [1.54, 1.807) is 18.7 Å². The van der Waals surface area contributed by atoms with Crippen LogP contribution in [0.25, 0.3) is 0 Å². The first-order valence-corrected chi connectivity index (χ1v) is 6.11. The van der Waals surface area contributed by atoms with E-state index in [1.165, 1.54) is 0 Å². The minimum absolute atomic E-state index is 0.0782. The molecule has 0 aliphatic carbocycles. The van der Waals surface area contributed by atoms with Crippen LogP contribution >= 0.6 is 0 Å². The number of nitrogens with zero attached hydrogens (tertiary/aromatic N) is 2. The molecule has 0 N–H and O–H groups in total. The molecule has 0 saturated carbocycles. The number of esters is 1. The topological polar surface area (TPSA) is 49.9 Å². The van der Waals surface area contributed by atoms with E-state index < -0.39 is 11.6 Å². The third-order valence-electron chi connectivity index (χ3n) is 3.55. The number of piperazine rings is 1. The van der Waals surface area contributed by atoms with Crippen LogP contribution in [0.2, 0.25) is 0 Å². The van der Waals surface area contributed by atoms with Crippen LogP contribution in [-0.4, -0.2) is 59.0 Å². The molecule has 17 heavy (non-hydrogen) atoms. The van der Waals surface area contributed by atoms with Crippen molar-refractivity contribution in [3.63, 3.8) is 0 Å². The highest BCUT2D eigenvalue weighted by Crippen LogP contribution is 2.26. The first kappa shape index (κ1) is 12.4. The van der Waals surface area contributed by atoms with Gasteiger partial charge in [-0.1, -0.05) is 0 Å². The van der Waals surface area contributed by atoms with Gasteiger partial charge >= 0.3 is 5.97 Å². The van der Waals surface area contributed by atoms with Crippen molar-refractivity contribution in [3.8, 4) is 0 Å². The molecule has 0 bridgehead atoms. The van der Waals surface area contributed by atoms with E-state index in [0.717, 1.165) is 6.54 Å². The first-order chi connectivity index (χ1) is 7.83. The maximum Gasteiger partial charge on any atom is 0.331 e. The van der Waals surface area contributed by atoms with Crippen molar-refractivity contribution in [2.75, 3.05) is 19.6 Å². The highest BCUT2D eigenvalue weighted by Gasteiger charge is 2.49. The summed E-state index contributed by atoms with van der Waals surface area (Å²) < 4.78 is 5.23. The van der Waals surface area contributed by atoms with Gasteiger partial charge in [-0.3, -0.25) is 9.69 Å². The summed E-state index contributed by atoms with van der Waals surface area (Å²) in [4.78, 5) is 27.9. The van der Waals surface area contributed by atoms with E-state index in [0.29, 0.717) is 19.1 Å². The molecular weight excluding hydrogens is 220 g/mol. The second-order valence-corrected chi connectivity index (χ2v) is 5.53. The van der Waals surface area contributed by atoms with Gasteiger partial charge in [0.25, 0.3) is 5.91 Å². The van der Waals surface area contributed by atoms with Gasteiger partial charge in [-0.25, -0.2) is 4.79 Å². The molecule has 1 atom stereocenters. The predicted octanol–water partition coefficient (Wildman–Crippen LogP) is 0.243. The largest absolute Gasteiger partial charge is 0.448 e. The van der Waals surface area contributed by atoms with E-state index in [2.05, 4.69) is 18.7 Å². The molecule has 2 heterocycles. The van der Waals surface area contributed by atoms with Gasteiger partial charge in [0.15, 0.2) is 5.60 Å². The lowest BCUT2D eigenvalue weighted by Crippen LogP contribution is -2.67. The highest BCUT2D eigenvalue weighted by atomic mass is 16.6. The van der Waals surface area contributed by atoms with E-state index >= 15 is 0 Å². The number of hydrogen-bond donors (Lipinski definition) is 0. The number of carbonyl (C=O) groups is 2. The van der Waals surface area contributed by atoms with Gasteiger partial charge in [-0.2, -0.15) is 0 Å². The van der Waals surface area contributed by atoms with Gasteiger partial charge in [0.1, 0.15) is 6.04 Å². The Labute approximate surface area is 102 Å². The van der Waals surface area contributed by atoms with Gasteiger partial charge in [0, 0.05) is 25.7 Å². The Morgan fingerprint density at radius 3 is 2.53 bits per heavy atom. The van der Waals surface area contributed by atoms with E-state index in [-0.39, 0.29) is 11.9 Å². The molecular formula is C12H20N2O3. The Bertz CT molecular complexity index is 352. The molecule has 2 rings (SSSR count). The number of cyclic esters (lactones) is 1. The van der Waals surface area contributed by atoms with Crippen molar-refractivity contribution >= 4 is 11.9 Å². The fraction of sp³-hybridized carbons (Fsp3) is 0.833. The predicted molar refractivity (Wildman–Crippen MR) is 62.4 cm³/mol. The van der Waals surface area contributed by atoms with E-state index in [1.807, 2.05) is 0 Å². The van der Waals surface area contributed by atoms with Crippen LogP contribution in [0.1, 0.15) is 27.7 Å². The summed E-state index contributed by atoms with van der Waals surface area (Å²) in [6.45, 7) is 9.50. The summed E-state index contributed by atoms with van der Waals surface area (Å²) in [6, 6.07) is -0.0401. The Kier molecular flexibility index (Phi) is 2.89. The maximum atomic E-state index is 12.1. The lowest BCUT2D eigenvalue weighted by Gasteiger charge is -2.47. The zero-order chi connectivity index (χ0) is 12.8. The van der Waals surface area contributed by atoms with Crippen molar-refractivity contribution in [2.24, 2.45) is 0 Å². The van der Waals surface area contributed by atoms with Crippen LogP contribution in [0.5, 0.6) is 0 Å². The highest BCUT2D eigenvalue weighted by molar-refractivity contribution is 5.95. The lowest BCUT2D eigenvalue weighted by atomic mass is 10.00. The number of amides is 1. The minimum Gasteiger partial charge on any atom is -0.448 e. The van der Waals surface area contributed by atoms with Crippen molar-refractivity contribution in [2.45, 2.75) is 45.4 Å². The quantitative estimate of drug-likeness (QED) is 0.616. The number of carbonyl (C=O) groups excluding carboxylic acids is 2. The molecule has 2 saturated heterocycles. The number of morpholine rings is 1. The number of hydrogen-bond acceptors (Lipinski definition) is 4. The summed E-state index contributed by atoms with van der Waals surface area (Å²) in [5.74, 6) is -0.356. The lowest BCUT2D eigenvalue weighted by molar-refractivity contribution is -0.193. The third-order valence-corrected chi connectivity index (χ3v) is 3.55. The van der Waals surface area contributed by atoms with Crippen LogP contribution in [0, 0.1) is 0 Å². The first-order valence-electron chi connectivity index (χ1n) is 6.11. The molecule has 0 radical (unpaired) electrons. The van der Waals surface area contributed by atoms with Crippen molar-refractivity contribution in [1.82, 2.24) is 9.80 Å². The molecule has 96 valence electrons. The molecule has 1 amide bonds. The van der Waals surface area contributed by atoms with Crippen LogP contribution in [0.3, 0.4) is 0 Å². The normalized spacial score (nSPS) is 29.2. The second-order valence-electron chi connectivity index (χ2n) is 5.53. The summed E-state index contributed by atoms with van der Waals surface area (Å²) in [5.41, 5.74) is -1.01. The van der Waals surface area contributed by atoms with Crippen molar-refractivity contribution in [1.29, 1.82) is 0 Å². The number of ether oxygens (including phenoxy) is 1. The zero-order valence-electron chi connectivity index (χ0n) is 10.9. The van der Waals surface area contributed by atoms with E-state index in [9.17, 15) is 9.59 Å². The maximum absolute atomic E-state index is 12.1. The van der Waals surface area contributed by atoms with Gasteiger partial charge in [0.05, 0.1) is 0 Å². The summed E-state index contributed by atoms with van der Waals surface area (Å²) >= 11 is 0. The molecule has 0 spiro atoms. The van der Waals surface area contributed by atoms with Gasteiger partial charge < -0.3 is 9.64 Å². The summed E-state index contributed by atoms with van der Waals surface area (Å²) in [5, 5.41) is 0. The second kappa shape index (κ2) is 3.98. The molecule has 0 aromatic rings. The average Bonchev–Trinajstić information content (AvgIpc) is 2.25. The van der Waals surface area contributed by atoms with E-state index in [4.69, 9.17) is 4.74 Å². The van der Waals surface area contributed by atoms with Crippen molar-refractivity contribution < 1.29 is 14.3 Å². The summed E-state index contributed by atoms with van der Waals surface area (Å²) in [7, 11) is 0. The molecule has 5 nitrogen and oxygen atoms in total. The zero-order valence-corrected chi connectivity index (χ0v) is 10.9. The number of rotatable bonds is 1. The van der Waals surface area contributed by atoms with Crippen LogP contribution in [0.15, 0.2) is 0 Å². The smallest absolute Gasteiger partial charge is 0.331 e. The fourth-order valence-electron chi connectivity index (χ4n) is 2.43. The molecule has 2 aliphatic heterocycles. The Hall–Kier alpha value is -1.10. The molecule has 2 aliphatic rings. The Morgan fingerprint density at radius 2 is 1.94 bits per heavy atom.